The monoisotopic (exact) mass is 233 g/mol. The minimum absolute atomic E-state index is 0.0805. The lowest BCUT2D eigenvalue weighted by atomic mass is 9.99. The van der Waals surface area contributed by atoms with E-state index in [-0.39, 0.29) is 12.0 Å². The number of anilines is 1. The van der Waals surface area contributed by atoms with Crippen LogP contribution in [0.15, 0.2) is 18.3 Å². The number of nitrogens with one attached hydrogen (secondary N) is 2. The number of amides is 1. The predicted octanol–water partition coefficient (Wildman–Crippen LogP) is 0.781. The van der Waals surface area contributed by atoms with Gasteiger partial charge in [0, 0.05) is 6.20 Å². The van der Waals surface area contributed by atoms with Crippen LogP contribution in [-0.2, 0) is 4.79 Å². The van der Waals surface area contributed by atoms with Crippen molar-refractivity contribution in [2.45, 2.75) is 18.9 Å². The average Bonchev–Trinajstić information content (AvgIpc) is 2.83. The first kappa shape index (κ1) is 10.5. The van der Waals surface area contributed by atoms with Crippen LogP contribution < -0.4 is 15.4 Å². The van der Waals surface area contributed by atoms with Gasteiger partial charge in [0.15, 0.2) is 17.7 Å². The predicted molar refractivity (Wildman–Crippen MR) is 62.9 cm³/mol. The summed E-state index contributed by atoms with van der Waals surface area (Å²) in [7, 11) is 0. The minimum atomic E-state index is -0.378. The molecular weight excluding hydrogens is 218 g/mol. The number of ether oxygens (including phenoxy) is 1. The van der Waals surface area contributed by atoms with Crippen LogP contribution in [0.2, 0.25) is 0 Å². The second kappa shape index (κ2) is 4.33. The van der Waals surface area contributed by atoms with E-state index in [4.69, 9.17) is 4.74 Å². The van der Waals surface area contributed by atoms with Crippen LogP contribution in [0.4, 0.5) is 5.82 Å². The average molecular weight is 233 g/mol. The summed E-state index contributed by atoms with van der Waals surface area (Å²) in [5.41, 5.74) is 0. The van der Waals surface area contributed by atoms with E-state index >= 15 is 0 Å². The fourth-order valence-electron chi connectivity index (χ4n) is 2.36. The lowest BCUT2D eigenvalue weighted by Gasteiger charge is -2.26. The molecule has 2 aliphatic rings. The number of aromatic nitrogens is 1. The molecule has 2 unspecified atom stereocenters. The fraction of sp³-hybridized carbons (Fsp3) is 0.500. The Morgan fingerprint density at radius 2 is 2.47 bits per heavy atom. The Kier molecular flexibility index (Phi) is 2.68. The van der Waals surface area contributed by atoms with Gasteiger partial charge < -0.3 is 15.4 Å². The molecule has 0 aromatic carbocycles. The molecule has 90 valence electrons. The molecule has 2 aliphatic heterocycles. The molecule has 1 saturated heterocycles. The Labute approximate surface area is 99.6 Å². The Morgan fingerprint density at radius 1 is 1.53 bits per heavy atom. The molecule has 0 saturated carbocycles. The highest BCUT2D eigenvalue weighted by Gasteiger charge is 2.31. The van der Waals surface area contributed by atoms with Crippen molar-refractivity contribution in [2.24, 2.45) is 5.92 Å². The zero-order valence-electron chi connectivity index (χ0n) is 9.48. The summed E-state index contributed by atoms with van der Waals surface area (Å²) in [5, 5.41) is 6.08. The van der Waals surface area contributed by atoms with Crippen molar-refractivity contribution >= 4 is 11.7 Å². The molecule has 0 radical (unpaired) electrons. The summed E-state index contributed by atoms with van der Waals surface area (Å²) >= 11 is 0. The van der Waals surface area contributed by atoms with Crippen molar-refractivity contribution in [2.75, 3.05) is 18.4 Å². The number of rotatable bonds is 2. The van der Waals surface area contributed by atoms with Crippen LogP contribution in [0.3, 0.4) is 0 Å². The van der Waals surface area contributed by atoms with Crippen molar-refractivity contribution in [1.82, 2.24) is 10.3 Å². The van der Waals surface area contributed by atoms with Crippen molar-refractivity contribution in [3.05, 3.63) is 18.3 Å². The quantitative estimate of drug-likeness (QED) is 0.792. The molecule has 0 spiro atoms. The molecule has 0 bridgehead atoms. The van der Waals surface area contributed by atoms with Gasteiger partial charge in [-0.05, 0) is 44.0 Å². The van der Waals surface area contributed by atoms with Crippen LogP contribution in [0.25, 0.3) is 0 Å². The number of pyridine rings is 1. The SMILES string of the molecule is O=C1Nc2ncccc2OC1CC1CCNC1. The summed E-state index contributed by atoms with van der Waals surface area (Å²) in [4.78, 5) is 15.9. The van der Waals surface area contributed by atoms with Gasteiger partial charge in [-0.2, -0.15) is 0 Å². The van der Waals surface area contributed by atoms with E-state index < -0.39 is 0 Å². The second-order valence-corrected chi connectivity index (χ2v) is 4.54. The van der Waals surface area contributed by atoms with Crippen molar-refractivity contribution in [3.63, 3.8) is 0 Å². The summed E-state index contributed by atoms with van der Waals surface area (Å²) in [6, 6.07) is 3.65. The van der Waals surface area contributed by atoms with Gasteiger partial charge in [-0.15, -0.1) is 0 Å². The fourth-order valence-corrected chi connectivity index (χ4v) is 2.36. The molecule has 5 nitrogen and oxygen atoms in total. The Balaban J connectivity index is 1.72. The molecular formula is C12H15N3O2. The number of carbonyl (C=O) groups excluding carboxylic acids is 1. The summed E-state index contributed by atoms with van der Waals surface area (Å²) in [6.45, 7) is 2.02. The van der Waals surface area contributed by atoms with Crippen molar-refractivity contribution in [1.29, 1.82) is 0 Å². The first-order valence-corrected chi connectivity index (χ1v) is 5.96. The number of hydrogen-bond donors (Lipinski definition) is 2. The molecule has 2 N–H and O–H groups in total. The third-order valence-electron chi connectivity index (χ3n) is 3.28. The first-order chi connectivity index (χ1) is 8.33. The zero-order chi connectivity index (χ0) is 11.7. The lowest BCUT2D eigenvalue weighted by molar-refractivity contribution is -0.124. The highest BCUT2D eigenvalue weighted by molar-refractivity contribution is 5.96. The van der Waals surface area contributed by atoms with Gasteiger partial charge in [-0.1, -0.05) is 0 Å². The maximum atomic E-state index is 11.8. The normalized spacial score (nSPS) is 27.2. The van der Waals surface area contributed by atoms with Crippen molar-refractivity contribution < 1.29 is 9.53 Å². The summed E-state index contributed by atoms with van der Waals surface area (Å²) in [6.07, 6.45) is 3.15. The van der Waals surface area contributed by atoms with E-state index in [9.17, 15) is 4.79 Å². The van der Waals surface area contributed by atoms with Crippen LogP contribution in [0.1, 0.15) is 12.8 Å². The zero-order valence-corrected chi connectivity index (χ0v) is 9.48. The minimum Gasteiger partial charge on any atom is -0.477 e. The van der Waals surface area contributed by atoms with E-state index in [1.807, 2.05) is 12.1 Å². The topological polar surface area (TPSA) is 63.2 Å². The Morgan fingerprint density at radius 3 is 3.29 bits per heavy atom. The highest BCUT2D eigenvalue weighted by atomic mass is 16.5. The molecule has 1 aromatic rings. The van der Waals surface area contributed by atoms with E-state index in [1.165, 1.54) is 0 Å². The van der Waals surface area contributed by atoms with Gasteiger partial charge in [0.05, 0.1) is 0 Å². The molecule has 2 atom stereocenters. The van der Waals surface area contributed by atoms with E-state index in [2.05, 4.69) is 15.6 Å². The maximum Gasteiger partial charge on any atom is 0.266 e. The summed E-state index contributed by atoms with van der Waals surface area (Å²) in [5.74, 6) is 1.65. The van der Waals surface area contributed by atoms with Gasteiger partial charge in [-0.3, -0.25) is 4.79 Å². The number of hydrogen-bond acceptors (Lipinski definition) is 4. The third kappa shape index (κ3) is 2.10. The number of carbonyl (C=O) groups is 1. The molecule has 1 aromatic heterocycles. The van der Waals surface area contributed by atoms with Gasteiger partial charge in [0.25, 0.3) is 5.91 Å². The standard InChI is InChI=1S/C12H15N3O2/c16-12-10(6-8-3-5-13-7-8)17-9-2-1-4-14-11(9)15-12/h1-2,4,8,10,13H,3,5-7H2,(H,14,15,16). The van der Waals surface area contributed by atoms with Gasteiger partial charge in [0.1, 0.15) is 0 Å². The van der Waals surface area contributed by atoms with Gasteiger partial charge >= 0.3 is 0 Å². The first-order valence-electron chi connectivity index (χ1n) is 5.96. The molecule has 17 heavy (non-hydrogen) atoms. The Hall–Kier alpha value is -1.62. The van der Waals surface area contributed by atoms with Gasteiger partial charge in [0.2, 0.25) is 0 Å². The maximum absolute atomic E-state index is 11.8. The van der Waals surface area contributed by atoms with Gasteiger partial charge in [-0.25, -0.2) is 4.98 Å². The molecule has 3 heterocycles. The van der Waals surface area contributed by atoms with Crippen LogP contribution in [0.5, 0.6) is 5.75 Å². The largest absolute Gasteiger partial charge is 0.477 e. The number of fused-ring (bicyclic) bond motifs is 1. The molecule has 3 rings (SSSR count). The third-order valence-corrected chi connectivity index (χ3v) is 3.28. The second-order valence-electron chi connectivity index (χ2n) is 4.54. The number of nitrogens with zero attached hydrogens (tertiary/aromatic N) is 1. The molecule has 1 amide bonds. The van der Waals surface area contributed by atoms with E-state index in [0.29, 0.717) is 17.5 Å². The van der Waals surface area contributed by atoms with E-state index in [0.717, 1.165) is 25.9 Å². The van der Waals surface area contributed by atoms with Crippen LogP contribution in [0, 0.1) is 5.92 Å². The van der Waals surface area contributed by atoms with E-state index in [1.54, 1.807) is 6.20 Å². The van der Waals surface area contributed by atoms with Crippen molar-refractivity contribution in [3.8, 4) is 5.75 Å². The molecule has 5 heteroatoms. The molecule has 0 aliphatic carbocycles. The Bertz CT molecular complexity index is 430. The highest BCUT2D eigenvalue weighted by Crippen LogP contribution is 2.29. The smallest absolute Gasteiger partial charge is 0.266 e. The summed E-state index contributed by atoms with van der Waals surface area (Å²) < 4.78 is 5.70. The van der Waals surface area contributed by atoms with Crippen LogP contribution in [-0.4, -0.2) is 30.1 Å². The lowest BCUT2D eigenvalue weighted by Crippen LogP contribution is -2.39. The van der Waals surface area contributed by atoms with Crippen LogP contribution >= 0.6 is 0 Å². The molecule has 1 fully saturated rings.